The predicted octanol–water partition coefficient (Wildman–Crippen LogP) is 3.75. The van der Waals surface area contributed by atoms with Crippen LogP contribution in [0.4, 0.5) is 5.69 Å². The van der Waals surface area contributed by atoms with Crippen molar-refractivity contribution in [1.82, 2.24) is 9.78 Å². The highest BCUT2D eigenvalue weighted by Crippen LogP contribution is 2.28. The van der Waals surface area contributed by atoms with Crippen molar-refractivity contribution < 1.29 is 4.74 Å². The Morgan fingerprint density at radius 2 is 1.95 bits per heavy atom. The Labute approximate surface area is 120 Å². The average Bonchev–Trinajstić information content (AvgIpc) is 2.85. The van der Waals surface area contributed by atoms with Crippen molar-refractivity contribution in [2.24, 2.45) is 5.92 Å². The highest BCUT2D eigenvalue weighted by molar-refractivity contribution is 5.67. The molecule has 0 saturated heterocycles. The summed E-state index contributed by atoms with van der Waals surface area (Å²) in [6.07, 6.45) is 1.81. The summed E-state index contributed by atoms with van der Waals surface area (Å²) in [5, 5.41) is 4.36. The topological polar surface area (TPSA) is 53.1 Å². The highest BCUT2D eigenvalue weighted by Gasteiger charge is 2.10. The number of nitrogens with two attached hydrogens (primary N) is 1. The van der Waals surface area contributed by atoms with Crippen LogP contribution in [0.1, 0.15) is 33.7 Å². The van der Waals surface area contributed by atoms with Crippen LogP contribution in [-0.4, -0.2) is 16.4 Å². The Hall–Kier alpha value is -1.97. The number of anilines is 1. The van der Waals surface area contributed by atoms with E-state index in [0.29, 0.717) is 24.3 Å². The Bertz CT molecular complexity index is 573. The second-order valence-electron chi connectivity index (χ2n) is 5.75. The third-order valence-electron chi connectivity index (χ3n) is 2.97. The first-order valence-corrected chi connectivity index (χ1v) is 7.04. The molecule has 0 radical (unpaired) electrons. The smallest absolute Gasteiger partial charge is 0.122 e. The number of hydrogen-bond donors (Lipinski definition) is 1. The van der Waals surface area contributed by atoms with Crippen LogP contribution in [0, 0.1) is 5.92 Å². The van der Waals surface area contributed by atoms with Crippen molar-refractivity contribution in [3.05, 3.63) is 30.5 Å². The molecule has 0 aliphatic heterocycles. The average molecular weight is 273 g/mol. The fraction of sp³-hybridized carbons (Fsp3) is 0.438. The summed E-state index contributed by atoms with van der Waals surface area (Å²) in [6.45, 7) is 9.16. The Morgan fingerprint density at radius 3 is 2.60 bits per heavy atom. The second kappa shape index (κ2) is 5.99. The van der Waals surface area contributed by atoms with E-state index in [2.05, 4.69) is 32.8 Å². The number of benzene rings is 1. The van der Waals surface area contributed by atoms with Gasteiger partial charge in [0.05, 0.1) is 12.3 Å². The minimum Gasteiger partial charge on any atom is -0.493 e. The first-order valence-electron chi connectivity index (χ1n) is 7.04. The molecule has 0 atom stereocenters. The summed E-state index contributed by atoms with van der Waals surface area (Å²) in [6, 6.07) is 8.15. The molecule has 20 heavy (non-hydrogen) atoms. The van der Waals surface area contributed by atoms with Gasteiger partial charge in [0.15, 0.2) is 0 Å². The van der Waals surface area contributed by atoms with E-state index in [1.54, 1.807) is 0 Å². The lowest BCUT2D eigenvalue weighted by Crippen LogP contribution is -2.06. The molecule has 0 fully saturated rings. The minimum atomic E-state index is 0.307. The monoisotopic (exact) mass is 273 g/mol. The van der Waals surface area contributed by atoms with Gasteiger partial charge >= 0.3 is 0 Å². The molecule has 0 spiro atoms. The van der Waals surface area contributed by atoms with Crippen LogP contribution in [0.15, 0.2) is 30.5 Å². The van der Waals surface area contributed by atoms with E-state index in [-0.39, 0.29) is 0 Å². The molecule has 0 aliphatic rings. The molecule has 1 aromatic carbocycles. The molecule has 2 rings (SSSR count). The van der Waals surface area contributed by atoms with Crippen molar-refractivity contribution in [2.45, 2.75) is 33.7 Å². The third-order valence-corrected chi connectivity index (χ3v) is 2.97. The van der Waals surface area contributed by atoms with Crippen LogP contribution in [-0.2, 0) is 0 Å². The van der Waals surface area contributed by atoms with E-state index < -0.39 is 0 Å². The van der Waals surface area contributed by atoms with Crippen LogP contribution < -0.4 is 10.5 Å². The van der Waals surface area contributed by atoms with Gasteiger partial charge in [0, 0.05) is 29.6 Å². The molecular formula is C16H23N3O. The van der Waals surface area contributed by atoms with Crippen molar-refractivity contribution >= 4 is 5.69 Å². The van der Waals surface area contributed by atoms with Gasteiger partial charge in [-0.15, -0.1) is 0 Å². The maximum atomic E-state index is 5.99. The van der Waals surface area contributed by atoms with Crippen molar-refractivity contribution in [3.8, 4) is 17.0 Å². The Balaban J connectivity index is 2.34. The molecule has 1 aromatic heterocycles. The largest absolute Gasteiger partial charge is 0.493 e. The van der Waals surface area contributed by atoms with Gasteiger partial charge < -0.3 is 10.5 Å². The van der Waals surface area contributed by atoms with Gasteiger partial charge in [-0.05, 0) is 38.0 Å². The molecule has 2 aromatic rings. The maximum absolute atomic E-state index is 5.99. The number of hydrogen-bond acceptors (Lipinski definition) is 3. The summed E-state index contributed by atoms with van der Waals surface area (Å²) in [4.78, 5) is 0. The fourth-order valence-electron chi connectivity index (χ4n) is 2.07. The highest BCUT2D eigenvalue weighted by atomic mass is 16.5. The Morgan fingerprint density at radius 1 is 1.20 bits per heavy atom. The fourth-order valence-corrected chi connectivity index (χ4v) is 2.07. The quantitative estimate of drug-likeness (QED) is 0.844. The molecule has 4 heteroatoms. The predicted molar refractivity (Wildman–Crippen MR) is 82.8 cm³/mol. The van der Waals surface area contributed by atoms with E-state index in [1.807, 2.05) is 35.1 Å². The van der Waals surface area contributed by atoms with E-state index in [9.17, 15) is 0 Å². The molecule has 2 N–H and O–H groups in total. The lowest BCUT2D eigenvalue weighted by atomic mass is 10.1. The van der Waals surface area contributed by atoms with Crippen molar-refractivity contribution in [2.75, 3.05) is 12.3 Å². The maximum Gasteiger partial charge on any atom is 0.122 e. The second-order valence-corrected chi connectivity index (χ2v) is 5.75. The molecule has 0 unspecified atom stereocenters. The van der Waals surface area contributed by atoms with Gasteiger partial charge in [-0.25, -0.2) is 0 Å². The summed E-state index contributed by atoms with van der Waals surface area (Å²) in [5.74, 6) is 1.30. The number of nitrogen functional groups attached to an aromatic ring is 1. The van der Waals surface area contributed by atoms with Gasteiger partial charge in [-0.1, -0.05) is 13.8 Å². The van der Waals surface area contributed by atoms with Crippen LogP contribution >= 0.6 is 0 Å². The van der Waals surface area contributed by atoms with Gasteiger partial charge in [-0.2, -0.15) is 5.10 Å². The molecule has 0 amide bonds. The van der Waals surface area contributed by atoms with Crippen LogP contribution in [0.3, 0.4) is 0 Å². The number of aromatic nitrogens is 2. The third kappa shape index (κ3) is 3.32. The van der Waals surface area contributed by atoms with Crippen LogP contribution in [0.25, 0.3) is 11.3 Å². The molecule has 4 nitrogen and oxygen atoms in total. The van der Waals surface area contributed by atoms with Crippen LogP contribution in [0.2, 0.25) is 0 Å². The first kappa shape index (κ1) is 14.4. The zero-order chi connectivity index (χ0) is 14.7. The van der Waals surface area contributed by atoms with Gasteiger partial charge in [0.25, 0.3) is 0 Å². The lowest BCUT2D eigenvalue weighted by Gasteiger charge is -2.14. The molecule has 108 valence electrons. The summed E-state index contributed by atoms with van der Waals surface area (Å²) in [7, 11) is 0. The molecule has 0 bridgehead atoms. The van der Waals surface area contributed by atoms with E-state index in [1.165, 1.54) is 0 Å². The first-order chi connectivity index (χ1) is 9.47. The van der Waals surface area contributed by atoms with E-state index in [0.717, 1.165) is 17.0 Å². The molecular weight excluding hydrogens is 250 g/mol. The summed E-state index contributed by atoms with van der Waals surface area (Å²) in [5.41, 5.74) is 8.79. The van der Waals surface area contributed by atoms with Gasteiger partial charge in [-0.3, -0.25) is 4.68 Å². The van der Waals surface area contributed by atoms with Crippen molar-refractivity contribution in [1.29, 1.82) is 0 Å². The number of nitrogens with zero attached hydrogens (tertiary/aromatic N) is 2. The number of rotatable bonds is 5. The zero-order valence-corrected chi connectivity index (χ0v) is 12.6. The van der Waals surface area contributed by atoms with Gasteiger partial charge in [0.2, 0.25) is 0 Å². The van der Waals surface area contributed by atoms with E-state index >= 15 is 0 Å². The van der Waals surface area contributed by atoms with Crippen molar-refractivity contribution in [3.63, 3.8) is 0 Å². The van der Waals surface area contributed by atoms with E-state index in [4.69, 9.17) is 10.5 Å². The zero-order valence-electron chi connectivity index (χ0n) is 12.6. The molecule has 1 heterocycles. The summed E-state index contributed by atoms with van der Waals surface area (Å²) < 4.78 is 7.76. The normalized spacial score (nSPS) is 11.3. The standard InChI is InChI=1S/C16H23N3O/c1-11(2)10-20-15-8-13(7-14(17)9-15)16-5-6-18-19(16)12(3)4/h5-9,11-12H,10,17H2,1-4H3. The number of ether oxygens (including phenoxy) is 1. The molecule has 0 saturated carbocycles. The summed E-state index contributed by atoms with van der Waals surface area (Å²) >= 11 is 0. The SMILES string of the molecule is CC(C)COc1cc(N)cc(-c2ccnn2C(C)C)c1. The Kier molecular flexibility index (Phi) is 4.32. The molecule has 0 aliphatic carbocycles. The minimum absolute atomic E-state index is 0.307. The van der Waals surface area contributed by atoms with Gasteiger partial charge in [0.1, 0.15) is 5.75 Å². The lowest BCUT2D eigenvalue weighted by molar-refractivity contribution is 0.271. The van der Waals surface area contributed by atoms with Crippen LogP contribution in [0.5, 0.6) is 5.75 Å².